The van der Waals surface area contributed by atoms with E-state index in [1.807, 2.05) is 0 Å². The van der Waals surface area contributed by atoms with Gasteiger partial charge in [-0.1, -0.05) is 23.2 Å². The van der Waals surface area contributed by atoms with Crippen molar-refractivity contribution in [1.29, 1.82) is 0 Å². The van der Waals surface area contributed by atoms with Crippen molar-refractivity contribution in [3.05, 3.63) is 50.9 Å². The molecule has 0 atom stereocenters. The van der Waals surface area contributed by atoms with Crippen molar-refractivity contribution in [3.8, 4) is 5.75 Å². The average Bonchev–Trinajstić information content (AvgIpc) is 2.53. The molecule has 0 bridgehead atoms. The van der Waals surface area contributed by atoms with Crippen LogP contribution in [0.2, 0.25) is 10.0 Å². The largest absolute Gasteiger partial charge is 0.481 e. The molecule has 0 aliphatic rings. The smallest absolute Gasteiger partial charge is 0.262 e. The van der Waals surface area contributed by atoms with Crippen molar-refractivity contribution in [2.45, 2.75) is 6.92 Å². The molecule has 0 fully saturated rings. The third kappa shape index (κ3) is 5.36. The quantitative estimate of drug-likeness (QED) is 0.721. The van der Waals surface area contributed by atoms with Gasteiger partial charge in [-0.25, -0.2) is 0 Å². The lowest BCUT2D eigenvalue weighted by molar-refractivity contribution is -0.118. The van der Waals surface area contributed by atoms with Gasteiger partial charge in [0, 0.05) is 30.4 Å². The average molecular weight is 446 g/mol. The van der Waals surface area contributed by atoms with Crippen molar-refractivity contribution < 1.29 is 14.3 Å². The van der Waals surface area contributed by atoms with Gasteiger partial charge in [-0.15, -0.1) is 0 Å². The second kappa shape index (κ2) is 8.56. The van der Waals surface area contributed by atoms with E-state index in [0.29, 0.717) is 26.0 Å². The fraction of sp³-hybridized carbons (Fsp3) is 0.176. The Morgan fingerprint density at radius 1 is 1.20 bits per heavy atom. The van der Waals surface area contributed by atoms with Crippen LogP contribution < -0.4 is 15.0 Å². The van der Waals surface area contributed by atoms with Crippen molar-refractivity contribution in [2.24, 2.45) is 0 Å². The molecule has 2 aromatic rings. The maximum Gasteiger partial charge on any atom is 0.262 e. The van der Waals surface area contributed by atoms with Gasteiger partial charge in [0.25, 0.3) is 5.91 Å². The topological polar surface area (TPSA) is 58.6 Å². The van der Waals surface area contributed by atoms with Crippen LogP contribution in [0.15, 0.2) is 40.9 Å². The summed E-state index contributed by atoms with van der Waals surface area (Å²) < 4.78 is 6.01. The summed E-state index contributed by atoms with van der Waals surface area (Å²) in [6.07, 6.45) is 0. The molecule has 0 saturated carbocycles. The summed E-state index contributed by atoms with van der Waals surface area (Å²) in [6.45, 7) is 1.27. The number of benzene rings is 2. The molecule has 0 aromatic heterocycles. The number of halogens is 3. The van der Waals surface area contributed by atoms with E-state index in [-0.39, 0.29) is 18.4 Å². The summed E-state index contributed by atoms with van der Waals surface area (Å²) >= 11 is 15.2. The van der Waals surface area contributed by atoms with E-state index in [1.165, 1.54) is 17.9 Å². The zero-order chi connectivity index (χ0) is 18.6. The van der Waals surface area contributed by atoms with Crippen molar-refractivity contribution in [2.75, 3.05) is 23.9 Å². The molecular weight excluding hydrogens is 431 g/mol. The molecule has 132 valence electrons. The number of carbonyl (C=O) groups excluding carboxylic acids is 2. The number of amides is 2. The van der Waals surface area contributed by atoms with E-state index in [1.54, 1.807) is 37.4 Å². The van der Waals surface area contributed by atoms with E-state index < -0.39 is 0 Å². The monoisotopic (exact) mass is 444 g/mol. The summed E-state index contributed by atoms with van der Waals surface area (Å²) in [6, 6.07) is 10.1. The van der Waals surface area contributed by atoms with Gasteiger partial charge in [-0.05, 0) is 52.3 Å². The van der Waals surface area contributed by atoms with Gasteiger partial charge in [0.05, 0.1) is 9.50 Å². The van der Waals surface area contributed by atoms with Crippen LogP contribution in [0.1, 0.15) is 6.92 Å². The molecule has 25 heavy (non-hydrogen) atoms. The number of nitrogens with one attached hydrogen (secondary N) is 1. The van der Waals surface area contributed by atoms with E-state index in [0.717, 1.165) is 5.69 Å². The lowest BCUT2D eigenvalue weighted by Gasteiger charge is -2.15. The molecule has 1 N–H and O–H groups in total. The predicted octanol–water partition coefficient (Wildman–Crippen LogP) is 4.76. The number of ether oxygens (including phenoxy) is 1. The molecule has 0 heterocycles. The Morgan fingerprint density at radius 3 is 2.40 bits per heavy atom. The van der Waals surface area contributed by atoms with Gasteiger partial charge in [0.15, 0.2) is 12.4 Å². The van der Waals surface area contributed by atoms with Crippen molar-refractivity contribution in [3.63, 3.8) is 0 Å². The van der Waals surface area contributed by atoms with E-state index >= 15 is 0 Å². The highest BCUT2D eigenvalue weighted by atomic mass is 79.9. The van der Waals surface area contributed by atoms with E-state index in [2.05, 4.69) is 21.2 Å². The molecule has 8 heteroatoms. The van der Waals surface area contributed by atoms with Crippen molar-refractivity contribution >= 4 is 62.3 Å². The van der Waals surface area contributed by atoms with Crippen LogP contribution in [0.25, 0.3) is 0 Å². The van der Waals surface area contributed by atoms with Crippen LogP contribution in [0.3, 0.4) is 0 Å². The molecule has 5 nitrogen and oxygen atoms in total. The first kappa shape index (κ1) is 19.6. The molecular formula is C17H15BrCl2N2O3. The predicted molar refractivity (Wildman–Crippen MR) is 104 cm³/mol. The minimum Gasteiger partial charge on any atom is -0.481 e. The number of rotatable bonds is 5. The fourth-order valence-corrected chi connectivity index (χ4v) is 3.32. The van der Waals surface area contributed by atoms with Crippen LogP contribution in [0.5, 0.6) is 5.75 Å². The molecule has 2 aromatic carbocycles. The summed E-state index contributed by atoms with van der Waals surface area (Å²) in [5.74, 6) is -0.0687. The molecule has 0 saturated heterocycles. The van der Waals surface area contributed by atoms with Crippen molar-refractivity contribution in [1.82, 2.24) is 0 Å². The molecule has 0 radical (unpaired) electrons. The van der Waals surface area contributed by atoms with E-state index in [4.69, 9.17) is 27.9 Å². The van der Waals surface area contributed by atoms with Crippen LogP contribution >= 0.6 is 39.1 Å². The Kier molecular flexibility index (Phi) is 6.70. The first-order chi connectivity index (χ1) is 11.8. The van der Waals surface area contributed by atoms with Crippen LogP contribution in [0.4, 0.5) is 11.4 Å². The van der Waals surface area contributed by atoms with Gasteiger partial charge in [-0.2, -0.15) is 0 Å². The normalized spacial score (nSPS) is 10.3. The molecule has 0 aliphatic carbocycles. The van der Waals surface area contributed by atoms with Gasteiger partial charge in [0.2, 0.25) is 5.91 Å². The maximum atomic E-state index is 12.0. The Balaban J connectivity index is 1.96. The Bertz CT molecular complexity index is 774. The Hall–Kier alpha value is -1.76. The van der Waals surface area contributed by atoms with Crippen LogP contribution in [-0.2, 0) is 9.59 Å². The molecule has 0 spiro atoms. The highest BCUT2D eigenvalue weighted by Crippen LogP contribution is 2.36. The highest BCUT2D eigenvalue weighted by Gasteiger charge is 2.12. The van der Waals surface area contributed by atoms with Gasteiger partial charge < -0.3 is 15.0 Å². The minimum absolute atomic E-state index is 0.0735. The summed E-state index contributed by atoms with van der Waals surface area (Å²) in [4.78, 5) is 24.8. The van der Waals surface area contributed by atoms with Gasteiger partial charge in [-0.3, -0.25) is 9.59 Å². The first-order valence-corrected chi connectivity index (χ1v) is 8.74. The zero-order valence-corrected chi connectivity index (χ0v) is 16.6. The lowest BCUT2D eigenvalue weighted by Crippen LogP contribution is -2.23. The van der Waals surface area contributed by atoms with Gasteiger partial charge >= 0.3 is 0 Å². The summed E-state index contributed by atoms with van der Waals surface area (Å²) in [5, 5.41) is 3.48. The number of carbonyl (C=O) groups is 2. The first-order valence-electron chi connectivity index (χ1n) is 7.19. The standard InChI is InChI=1S/C17H15BrCl2N2O3/c1-10(23)22(2)13-5-3-12(4-6-13)21-16(24)9-25-17-14(18)7-11(19)8-15(17)20/h3-8H,9H2,1-2H3,(H,21,24). The third-order valence-electron chi connectivity index (χ3n) is 3.32. The van der Waals surface area contributed by atoms with Gasteiger partial charge in [0.1, 0.15) is 0 Å². The molecule has 2 amide bonds. The molecule has 2 rings (SSSR count). The Morgan fingerprint density at radius 2 is 1.84 bits per heavy atom. The summed E-state index contributed by atoms with van der Waals surface area (Å²) in [7, 11) is 1.68. The van der Waals surface area contributed by atoms with Crippen LogP contribution in [0, 0.1) is 0 Å². The molecule has 0 aliphatic heterocycles. The van der Waals surface area contributed by atoms with E-state index in [9.17, 15) is 9.59 Å². The minimum atomic E-state index is -0.342. The molecule has 0 unspecified atom stereocenters. The Labute approximate surface area is 164 Å². The number of nitrogens with zero attached hydrogens (tertiary/aromatic N) is 1. The summed E-state index contributed by atoms with van der Waals surface area (Å²) in [5.41, 5.74) is 1.33. The SMILES string of the molecule is CC(=O)N(C)c1ccc(NC(=O)COc2c(Cl)cc(Cl)cc2Br)cc1. The lowest BCUT2D eigenvalue weighted by atomic mass is 10.2. The second-order valence-electron chi connectivity index (χ2n) is 5.16. The fourth-order valence-electron chi connectivity index (χ4n) is 1.95. The number of hydrogen-bond donors (Lipinski definition) is 1. The maximum absolute atomic E-state index is 12.0. The third-order valence-corrected chi connectivity index (χ3v) is 4.41. The zero-order valence-electron chi connectivity index (χ0n) is 13.5. The number of hydrogen-bond acceptors (Lipinski definition) is 3. The second-order valence-corrected chi connectivity index (χ2v) is 6.86. The van der Waals surface area contributed by atoms with Crippen LogP contribution in [-0.4, -0.2) is 25.5 Å². The highest BCUT2D eigenvalue weighted by molar-refractivity contribution is 9.10. The number of anilines is 2.